The number of carbonyl (C=O) groups is 1. The summed E-state index contributed by atoms with van der Waals surface area (Å²) in [5.41, 5.74) is 3.76. The largest absolute Gasteiger partial charge is 0.352 e. The molecule has 7 nitrogen and oxygen atoms in total. The van der Waals surface area contributed by atoms with Gasteiger partial charge in [0, 0.05) is 24.5 Å². The molecule has 0 fully saturated rings. The number of hydrogen-bond acceptors (Lipinski definition) is 4. The first-order valence-electron chi connectivity index (χ1n) is 10.5. The van der Waals surface area contributed by atoms with Gasteiger partial charge < -0.3 is 9.88 Å². The molecule has 0 aliphatic heterocycles. The molecule has 33 heavy (non-hydrogen) atoms. The zero-order valence-corrected chi connectivity index (χ0v) is 17.6. The highest BCUT2D eigenvalue weighted by atomic mass is 19.1. The second kappa shape index (κ2) is 8.66. The van der Waals surface area contributed by atoms with Crippen LogP contribution in [0.4, 0.5) is 4.39 Å². The van der Waals surface area contributed by atoms with Crippen LogP contribution in [0, 0.1) is 5.82 Å². The molecular weight excluding hydrogens is 421 g/mol. The van der Waals surface area contributed by atoms with Crippen molar-refractivity contribution in [2.45, 2.75) is 13.0 Å². The number of pyridine rings is 1. The van der Waals surface area contributed by atoms with Gasteiger partial charge in [0.15, 0.2) is 0 Å². The molecule has 0 aliphatic rings. The lowest BCUT2D eigenvalue weighted by molar-refractivity contribution is 0.0954. The van der Waals surface area contributed by atoms with E-state index in [2.05, 4.69) is 15.4 Å². The predicted molar refractivity (Wildman–Crippen MR) is 123 cm³/mol. The first-order chi connectivity index (χ1) is 16.1. The van der Waals surface area contributed by atoms with Crippen molar-refractivity contribution in [3.8, 4) is 0 Å². The lowest BCUT2D eigenvalue weighted by atomic mass is 10.1. The van der Waals surface area contributed by atoms with E-state index in [1.54, 1.807) is 64.1 Å². The SMILES string of the molecule is O=C(NCCc1ccncc1)c1ccc2c(c1)n(Cc1ccc(F)cc1)c(=O)c1ccnn12. The van der Waals surface area contributed by atoms with Gasteiger partial charge in [-0.2, -0.15) is 5.10 Å². The molecule has 3 heterocycles. The predicted octanol–water partition coefficient (Wildman–Crippen LogP) is 3.20. The minimum absolute atomic E-state index is 0.229. The third kappa shape index (κ3) is 4.10. The molecule has 8 heteroatoms. The fourth-order valence-electron chi connectivity index (χ4n) is 3.87. The molecule has 0 saturated carbocycles. The van der Waals surface area contributed by atoms with Crippen LogP contribution in [0.25, 0.3) is 16.6 Å². The van der Waals surface area contributed by atoms with E-state index < -0.39 is 0 Å². The van der Waals surface area contributed by atoms with Crippen molar-refractivity contribution >= 4 is 22.5 Å². The number of rotatable bonds is 6. The van der Waals surface area contributed by atoms with E-state index in [4.69, 9.17) is 0 Å². The maximum Gasteiger partial charge on any atom is 0.277 e. The fourth-order valence-corrected chi connectivity index (χ4v) is 3.87. The highest BCUT2D eigenvalue weighted by Gasteiger charge is 2.15. The Morgan fingerprint density at radius 2 is 1.67 bits per heavy atom. The van der Waals surface area contributed by atoms with Gasteiger partial charge in [-0.15, -0.1) is 0 Å². The molecule has 164 valence electrons. The summed E-state index contributed by atoms with van der Waals surface area (Å²) in [6.45, 7) is 0.714. The van der Waals surface area contributed by atoms with Gasteiger partial charge in [-0.1, -0.05) is 12.1 Å². The van der Waals surface area contributed by atoms with Crippen LogP contribution >= 0.6 is 0 Å². The van der Waals surface area contributed by atoms with Crippen LogP contribution < -0.4 is 10.9 Å². The average Bonchev–Trinajstić information content (AvgIpc) is 3.34. The van der Waals surface area contributed by atoms with Crippen LogP contribution in [-0.2, 0) is 13.0 Å². The summed E-state index contributed by atoms with van der Waals surface area (Å²) in [7, 11) is 0. The smallest absolute Gasteiger partial charge is 0.277 e. The quantitative estimate of drug-likeness (QED) is 0.439. The van der Waals surface area contributed by atoms with Crippen molar-refractivity contribution in [1.82, 2.24) is 24.5 Å². The number of carbonyl (C=O) groups excluding carboxylic acids is 1. The van der Waals surface area contributed by atoms with E-state index in [0.717, 1.165) is 11.1 Å². The van der Waals surface area contributed by atoms with Gasteiger partial charge in [0.25, 0.3) is 11.5 Å². The molecule has 1 N–H and O–H groups in total. The molecule has 2 aromatic carbocycles. The molecule has 1 amide bonds. The number of amides is 1. The van der Waals surface area contributed by atoms with Crippen LogP contribution in [0.15, 0.2) is 84.0 Å². The zero-order valence-electron chi connectivity index (χ0n) is 17.6. The Balaban J connectivity index is 1.50. The van der Waals surface area contributed by atoms with Crippen LogP contribution in [0.2, 0.25) is 0 Å². The number of nitrogens with zero attached hydrogens (tertiary/aromatic N) is 4. The first-order valence-corrected chi connectivity index (χ1v) is 10.5. The van der Waals surface area contributed by atoms with Gasteiger partial charge in [-0.05, 0) is 66.1 Å². The van der Waals surface area contributed by atoms with Crippen molar-refractivity contribution in [2.75, 3.05) is 6.54 Å². The summed E-state index contributed by atoms with van der Waals surface area (Å²) in [6, 6.07) is 16.7. The summed E-state index contributed by atoms with van der Waals surface area (Å²) < 4.78 is 16.5. The van der Waals surface area contributed by atoms with Crippen molar-refractivity contribution < 1.29 is 9.18 Å². The Labute approximate surface area is 188 Å². The van der Waals surface area contributed by atoms with E-state index in [9.17, 15) is 14.0 Å². The second-order valence-electron chi connectivity index (χ2n) is 7.71. The van der Waals surface area contributed by atoms with Crippen LogP contribution in [-0.4, -0.2) is 31.6 Å². The maximum atomic E-state index is 13.3. The van der Waals surface area contributed by atoms with Gasteiger partial charge >= 0.3 is 0 Å². The van der Waals surface area contributed by atoms with Crippen molar-refractivity contribution in [3.05, 3.63) is 112 Å². The second-order valence-corrected chi connectivity index (χ2v) is 7.71. The molecule has 0 bridgehead atoms. The molecule has 0 radical (unpaired) electrons. The summed E-state index contributed by atoms with van der Waals surface area (Å²) in [5, 5.41) is 7.20. The van der Waals surface area contributed by atoms with Crippen molar-refractivity contribution in [2.24, 2.45) is 0 Å². The third-order valence-corrected chi connectivity index (χ3v) is 5.57. The van der Waals surface area contributed by atoms with Gasteiger partial charge in [-0.25, -0.2) is 8.91 Å². The van der Waals surface area contributed by atoms with E-state index in [-0.39, 0.29) is 23.8 Å². The van der Waals surface area contributed by atoms with Crippen LogP contribution in [0.5, 0.6) is 0 Å². The number of hydrogen-bond donors (Lipinski definition) is 1. The van der Waals surface area contributed by atoms with Gasteiger partial charge in [0.2, 0.25) is 0 Å². The highest BCUT2D eigenvalue weighted by Crippen LogP contribution is 2.18. The lowest BCUT2D eigenvalue weighted by Gasteiger charge is -2.14. The van der Waals surface area contributed by atoms with E-state index >= 15 is 0 Å². The minimum atomic E-state index is -0.340. The van der Waals surface area contributed by atoms with Crippen molar-refractivity contribution in [3.63, 3.8) is 0 Å². The molecule has 0 saturated heterocycles. The maximum absolute atomic E-state index is 13.3. The standard InChI is InChI=1S/C25H20FN5O2/c26-20-4-1-18(2-5-20)16-30-23-15-19(24(32)28-13-9-17-7-11-27-12-8-17)3-6-21(23)31-22(25(30)33)10-14-29-31/h1-8,10-12,14-15H,9,13,16H2,(H,28,32). The molecule has 3 aromatic heterocycles. The van der Waals surface area contributed by atoms with E-state index in [0.29, 0.717) is 35.1 Å². The summed E-state index contributed by atoms with van der Waals surface area (Å²) in [5.74, 6) is -0.569. The molecule has 5 aromatic rings. The Bertz CT molecular complexity index is 1510. The Kier molecular flexibility index (Phi) is 5.40. The van der Waals surface area contributed by atoms with Gasteiger partial charge in [0.1, 0.15) is 11.3 Å². The molecule has 0 atom stereocenters. The van der Waals surface area contributed by atoms with Crippen molar-refractivity contribution in [1.29, 1.82) is 0 Å². The first kappa shape index (κ1) is 20.6. The number of aromatic nitrogens is 4. The summed E-state index contributed by atoms with van der Waals surface area (Å²) in [6.07, 6.45) is 5.69. The average molecular weight is 441 g/mol. The van der Waals surface area contributed by atoms with Gasteiger partial charge in [0.05, 0.1) is 23.8 Å². The van der Waals surface area contributed by atoms with Gasteiger partial charge in [-0.3, -0.25) is 14.6 Å². The fraction of sp³-hybridized carbons (Fsp3) is 0.120. The minimum Gasteiger partial charge on any atom is -0.352 e. The monoisotopic (exact) mass is 441 g/mol. The molecule has 0 spiro atoms. The highest BCUT2D eigenvalue weighted by molar-refractivity contribution is 5.97. The van der Waals surface area contributed by atoms with Crippen LogP contribution in [0.3, 0.4) is 0 Å². The Morgan fingerprint density at radius 1 is 0.879 bits per heavy atom. The number of nitrogens with one attached hydrogen (secondary N) is 1. The Morgan fingerprint density at radius 3 is 2.45 bits per heavy atom. The topological polar surface area (TPSA) is 81.3 Å². The molecule has 5 rings (SSSR count). The molecule has 0 unspecified atom stereocenters. The third-order valence-electron chi connectivity index (χ3n) is 5.57. The summed E-state index contributed by atoms with van der Waals surface area (Å²) >= 11 is 0. The zero-order chi connectivity index (χ0) is 22.8. The molecular formula is C25H20FN5O2. The Hall–Kier alpha value is -4.33. The summed E-state index contributed by atoms with van der Waals surface area (Å²) in [4.78, 5) is 30.0. The van der Waals surface area contributed by atoms with Crippen LogP contribution in [0.1, 0.15) is 21.5 Å². The number of halogens is 1. The number of benzene rings is 2. The van der Waals surface area contributed by atoms with E-state index in [1.165, 1.54) is 12.1 Å². The normalized spacial score (nSPS) is 11.2. The van der Waals surface area contributed by atoms with E-state index in [1.807, 2.05) is 12.1 Å². The number of fused-ring (bicyclic) bond motifs is 3. The molecule has 0 aliphatic carbocycles. The lowest BCUT2D eigenvalue weighted by Crippen LogP contribution is -2.27.